The van der Waals surface area contributed by atoms with Gasteiger partial charge in [0.25, 0.3) is 0 Å². The Morgan fingerprint density at radius 3 is 2.63 bits per heavy atom. The van der Waals surface area contributed by atoms with Gasteiger partial charge in [-0.1, -0.05) is 20.3 Å². The first-order chi connectivity index (χ1) is 8.99. The molecule has 0 bridgehead atoms. The summed E-state index contributed by atoms with van der Waals surface area (Å²) >= 11 is 0. The third-order valence-electron chi connectivity index (χ3n) is 3.19. The second-order valence-electron chi connectivity index (χ2n) is 4.80. The van der Waals surface area contributed by atoms with Crippen LogP contribution in [0.3, 0.4) is 0 Å². The van der Waals surface area contributed by atoms with E-state index in [0.29, 0.717) is 17.7 Å². The first-order valence-corrected chi connectivity index (χ1v) is 6.85. The number of carbonyl (C=O) groups is 1. The molecule has 0 aliphatic rings. The second kappa shape index (κ2) is 7.07. The van der Waals surface area contributed by atoms with Gasteiger partial charge >= 0.3 is 5.97 Å². The van der Waals surface area contributed by atoms with Gasteiger partial charge in [-0.15, -0.1) is 0 Å². The molecule has 1 atom stereocenters. The molecular weight excluding hydrogens is 242 g/mol. The molecule has 5 heteroatoms. The maximum Gasteiger partial charge on any atom is 0.354 e. The van der Waals surface area contributed by atoms with E-state index in [9.17, 15) is 4.79 Å². The van der Waals surface area contributed by atoms with Gasteiger partial charge in [0.05, 0.1) is 0 Å². The Kier molecular flexibility index (Phi) is 5.73. The van der Waals surface area contributed by atoms with Crippen molar-refractivity contribution in [3.05, 3.63) is 17.5 Å². The van der Waals surface area contributed by atoms with Crippen molar-refractivity contribution >= 4 is 11.9 Å². The fraction of sp³-hybridized carbons (Fsp3) is 0.643. The molecule has 0 radical (unpaired) electrons. The summed E-state index contributed by atoms with van der Waals surface area (Å²) in [5.74, 6) is -0.480. The van der Waals surface area contributed by atoms with Crippen LogP contribution in [0, 0.1) is 6.92 Å². The second-order valence-corrected chi connectivity index (χ2v) is 4.80. The van der Waals surface area contributed by atoms with E-state index in [1.54, 1.807) is 6.92 Å². The number of anilines is 1. The summed E-state index contributed by atoms with van der Waals surface area (Å²) in [5.41, 5.74) is 0.750. The molecule has 0 spiro atoms. The van der Waals surface area contributed by atoms with E-state index < -0.39 is 5.97 Å². The molecule has 0 fully saturated rings. The van der Waals surface area contributed by atoms with Gasteiger partial charge in [0.2, 0.25) is 5.95 Å². The van der Waals surface area contributed by atoms with Crippen LogP contribution < -0.4 is 4.90 Å². The zero-order valence-electron chi connectivity index (χ0n) is 12.2. The Bertz CT molecular complexity index is 435. The number of aromatic carboxylic acids is 1. The van der Waals surface area contributed by atoms with Crippen molar-refractivity contribution in [3.63, 3.8) is 0 Å². The van der Waals surface area contributed by atoms with Gasteiger partial charge in [-0.25, -0.2) is 14.8 Å². The lowest BCUT2D eigenvalue weighted by atomic mass is 10.2. The Morgan fingerprint density at radius 1 is 1.42 bits per heavy atom. The van der Waals surface area contributed by atoms with E-state index in [1.165, 1.54) is 6.07 Å². The maximum absolute atomic E-state index is 11.1. The van der Waals surface area contributed by atoms with Crippen molar-refractivity contribution in [1.82, 2.24) is 9.97 Å². The molecule has 1 unspecified atom stereocenters. The Hall–Kier alpha value is -1.65. The summed E-state index contributed by atoms with van der Waals surface area (Å²) in [5, 5.41) is 9.08. The maximum atomic E-state index is 11.1. The van der Waals surface area contributed by atoms with Crippen molar-refractivity contribution in [3.8, 4) is 0 Å². The highest BCUT2D eigenvalue weighted by Crippen LogP contribution is 2.16. The smallest absolute Gasteiger partial charge is 0.354 e. The predicted molar refractivity (Wildman–Crippen MR) is 75.7 cm³/mol. The summed E-state index contributed by atoms with van der Waals surface area (Å²) in [6, 6.07) is 1.80. The van der Waals surface area contributed by atoms with E-state index in [-0.39, 0.29) is 5.69 Å². The van der Waals surface area contributed by atoms with Gasteiger partial charge in [0.1, 0.15) is 0 Å². The van der Waals surface area contributed by atoms with E-state index in [1.807, 2.05) is 0 Å². The van der Waals surface area contributed by atoms with Gasteiger partial charge in [-0.2, -0.15) is 0 Å². The minimum Gasteiger partial charge on any atom is -0.477 e. The standard InChI is InChI=1S/C14H23N3O2/c1-5-7-8-17(11(4)6-2)14-15-10(3)9-12(16-14)13(18)19/h9,11H,5-8H2,1-4H3,(H,18,19). The number of unbranched alkanes of at least 4 members (excludes halogenated alkanes) is 1. The van der Waals surface area contributed by atoms with Crippen molar-refractivity contribution in [2.45, 2.75) is 53.0 Å². The van der Waals surface area contributed by atoms with Crippen molar-refractivity contribution in [1.29, 1.82) is 0 Å². The SMILES string of the molecule is CCCCN(c1nc(C)cc(C(=O)O)n1)C(C)CC. The number of carboxylic acids is 1. The number of hydrogen-bond donors (Lipinski definition) is 1. The molecule has 0 aliphatic carbocycles. The predicted octanol–water partition coefficient (Wildman–Crippen LogP) is 2.89. The molecular formula is C14H23N3O2. The highest BCUT2D eigenvalue weighted by atomic mass is 16.4. The average molecular weight is 265 g/mol. The van der Waals surface area contributed by atoms with Crippen LogP contribution in [-0.2, 0) is 0 Å². The van der Waals surface area contributed by atoms with Gasteiger partial charge < -0.3 is 10.0 Å². The van der Waals surface area contributed by atoms with Crippen molar-refractivity contribution in [2.24, 2.45) is 0 Å². The number of aryl methyl sites for hydroxylation is 1. The number of nitrogens with zero attached hydrogens (tertiary/aromatic N) is 3. The quantitative estimate of drug-likeness (QED) is 0.821. The Labute approximate surface area is 114 Å². The highest BCUT2D eigenvalue weighted by Gasteiger charge is 2.18. The summed E-state index contributed by atoms with van der Waals surface area (Å²) in [6.45, 7) is 9.01. The van der Waals surface area contributed by atoms with Crippen LogP contribution in [0.1, 0.15) is 56.2 Å². The zero-order valence-corrected chi connectivity index (χ0v) is 12.2. The molecule has 0 saturated heterocycles. The molecule has 5 nitrogen and oxygen atoms in total. The lowest BCUT2D eigenvalue weighted by Gasteiger charge is -2.28. The monoisotopic (exact) mass is 265 g/mol. The molecule has 1 aromatic rings. The first kappa shape index (κ1) is 15.4. The summed E-state index contributed by atoms with van der Waals surface area (Å²) in [6.07, 6.45) is 3.11. The summed E-state index contributed by atoms with van der Waals surface area (Å²) < 4.78 is 0. The molecule has 0 saturated carbocycles. The van der Waals surface area contributed by atoms with Crippen LogP contribution >= 0.6 is 0 Å². The lowest BCUT2D eigenvalue weighted by molar-refractivity contribution is 0.0690. The van der Waals surface area contributed by atoms with E-state index in [2.05, 4.69) is 35.6 Å². The third kappa shape index (κ3) is 4.19. The number of rotatable bonds is 7. The van der Waals surface area contributed by atoms with Crippen LogP contribution in [0.25, 0.3) is 0 Å². The molecule has 19 heavy (non-hydrogen) atoms. The molecule has 0 aliphatic heterocycles. The fourth-order valence-electron chi connectivity index (χ4n) is 1.86. The molecule has 0 amide bonds. The highest BCUT2D eigenvalue weighted by molar-refractivity contribution is 5.85. The zero-order chi connectivity index (χ0) is 14.4. The molecule has 1 aromatic heterocycles. The van der Waals surface area contributed by atoms with Gasteiger partial charge in [-0.05, 0) is 32.8 Å². The van der Waals surface area contributed by atoms with E-state index in [0.717, 1.165) is 25.8 Å². The van der Waals surface area contributed by atoms with E-state index in [4.69, 9.17) is 5.11 Å². The van der Waals surface area contributed by atoms with Gasteiger partial charge in [-0.3, -0.25) is 0 Å². The minimum atomic E-state index is -1.01. The fourth-order valence-corrected chi connectivity index (χ4v) is 1.86. The van der Waals surface area contributed by atoms with Crippen LogP contribution in [-0.4, -0.2) is 33.6 Å². The molecule has 1 N–H and O–H groups in total. The molecule has 106 valence electrons. The van der Waals surface area contributed by atoms with Crippen molar-refractivity contribution in [2.75, 3.05) is 11.4 Å². The van der Waals surface area contributed by atoms with Crippen LogP contribution in [0.15, 0.2) is 6.07 Å². The number of hydrogen-bond acceptors (Lipinski definition) is 4. The minimum absolute atomic E-state index is 0.0623. The molecule has 1 heterocycles. The Morgan fingerprint density at radius 2 is 2.11 bits per heavy atom. The summed E-state index contributed by atoms with van der Waals surface area (Å²) in [7, 11) is 0. The topological polar surface area (TPSA) is 66.3 Å². The van der Waals surface area contributed by atoms with Gasteiger partial charge in [0.15, 0.2) is 5.69 Å². The Balaban J connectivity index is 3.10. The third-order valence-corrected chi connectivity index (χ3v) is 3.19. The van der Waals surface area contributed by atoms with Crippen molar-refractivity contribution < 1.29 is 9.90 Å². The number of aromatic nitrogens is 2. The molecule has 0 aromatic carbocycles. The first-order valence-electron chi connectivity index (χ1n) is 6.85. The van der Waals surface area contributed by atoms with Crippen LogP contribution in [0.5, 0.6) is 0 Å². The van der Waals surface area contributed by atoms with E-state index >= 15 is 0 Å². The average Bonchev–Trinajstić information content (AvgIpc) is 2.38. The normalized spacial score (nSPS) is 12.2. The lowest BCUT2D eigenvalue weighted by Crippen LogP contribution is -2.35. The van der Waals surface area contributed by atoms with Gasteiger partial charge in [0, 0.05) is 18.3 Å². The van der Waals surface area contributed by atoms with Crippen LogP contribution in [0.4, 0.5) is 5.95 Å². The van der Waals surface area contributed by atoms with Crippen LogP contribution in [0.2, 0.25) is 0 Å². The largest absolute Gasteiger partial charge is 0.477 e. The number of carboxylic acid groups (broad SMARTS) is 1. The molecule has 1 rings (SSSR count). The summed E-state index contributed by atoms with van der Waals surface area (Å²) in [4.78, 5) is 21.7.